The molecule has 0 spiro atoms. The second-order valence-electron chi connectivity index (χ2n) is 10.5. The van der Waals surface area contributed by atoms with Gasteiger partial charge < -0.3 is 24.3 Å². The zero-order chi connectivity index (χ0) is 27.4. The Hall–Kier alpha value is -3.23. The molecule has 1 N–H and O–H groups in total. The molecular formula is C30H37ClN4O4. The summed E-state index contributed by atoms with van der Waals surface area (Å²) >= 11 is 6.17. The molecule has 5 rings (SSSR count). The van der Waals surface area contributed by atoms with E-state index in [4.69, 9.17) is 21.1 Å². The fourth-order valence-electron chi connectivity index (χ4n) is 5.52. The average molecular weight is 553 g/mol. The fourth-order valence-corrected chi connectivity index (χ4v) is 5.70. The number of aromatic amines is 1. The molecule has 39 heavy (non-hydrogen) atoms. The van der Waals surface area contributed by atoms with E-state index < -0.39 is 0 Å². The van der Waals surface area contributed by atoms with E-state index in [1.54, 1.807) is 4.90 Å². The maximum Gasteiger partial charge on any atom is 0.409 e. The number of carbonyl (C=O) groups excluding carboxylic acids is 2. The predicted octanol–water partition coefficient (Wildman–Crippen LogP) is 5.34. The highest BCUT2D eigenvalue weighted by Crippen LogP contribution is 2.27. The third-order valence-electron chi connectivity index (χ3n) is 7.75. The quantitative estimate of drug-likeness (QED) is 0.428. The van der Waals surface area contributed by atoms with Gasteiger partial charge in [0.1, 0.15) is 11.4 Å². The lowest BCUT2D eigenvalue weighted by Crippen LogP contribution is -2.48. The van der Waals surface area contributed by atoms with Crippen LogP contribution < -0.4 is 4.74 Å². The first-order chi connectivity index (χ1) is 18.9. The molecule has 2 aliphatic rings. The van der Waals surface area contributed by atoms with Gasteiger partial charge in [-0.05, 0) is 68.1 Å². The van der Waals surface area contributed by atoms with E-state index in [0.717, 1.165) is 61.2 Å². The lowest BCUT2D eigenvalue weighted by molar-refractivity contribution is 0.0627. The van der Waals surface area contributed by atoms with Crippen molar-refractivity contribution in [2.45, 2.75) is 33.2 Å². The monoisotopic (exact) mass is 552 g/mol. The van der Waals surface area contributed by atoms with Crippen LogP contribution in [-0.2, 0) is 11.3 Å². The first kappa shape index (κ1) is 27.3. The van der Waals surface area contributed by atoms with Crippen molar-refractivity contribution in [3.8, 4) is 5.75 Å². The summed E-state index contributed by atoms with van der Waals surface area (Å²) in [7, 11) is 0. The Balaban J connectivity index is 1.10. The van der Waals surface area contributed by atoms with Crippen molar-refractivity contribution < 1.29 is 19.1 Å². The lowest BCUT2D eigenvalue weighted by atomic mass is 9.98. The normalized spacial score (nSPS) is 18.4. The van der Waals surface area contributed by atoms with Gasteiger partial charge >= 0.3 is 6.09 Å². The van der Waals surface area contributed by atoms with Gasteiger partial charge in [0.25, 0.3) is 5.91 Å². The Labute approximate surface area is 234 Å². The number of aryl methyl sites for hydroxylation is 1. The van der Waals surface area contributed by atoms with Gasteiger partial charge in [0.15, 0.2) is 0 Å². The number of ether oxygens (including phenoxy) is 2. The first-order valence-corrected chi connectivity index (χ1v) is 14.2. The van der Waals surface area contributed by atoms with Crippen molar-refractivity contribution in [3.05, 3.63) is 64.3 Å². The summed E-state index contributed by atoms with van der Waals surface area (Å²) in [5.41, 5.74) is 3.74. The minimum atomic E-state index is -0.220. The number of carbonyl (C=O) groups is 2. The number of halogens is 1. The zero-order valence-corrected chi connectivity index (χ0v) is 23.5. The minimum absolute atomic E-state index is 0.0389. The van der Waals surface area contributed by atoms with Gasteiger partial charge in [-0.25, -0.2) is 4.79 Å². The van der Waals surface area contributed by atoms with Crippen molar-refractivity contribution in [1.29, 1.82) is 0 Å². The summed E-state index contributed by atoms with van der Waals surface area (Å²) in [5, 5.41) is 1.66. The van der Waals surface area contributed by atoms with E-state index >= 15 is 0 Å². The molecule has 2 aromatic carbocycles. The number of hydrogen-bond donors (Lipinski definition) is 1. The summed E-state index contributed by atoms with van der Waals surface area (Å²) in [5.74, 6) is 1.17. The number of rotatable bonds is 7. The van der Waals surface area contributed by atoms with Crippen molar-refractivity contribution in [1.82, 2.24) is 19.7 Å². The van der Waals surface area contributed by atoms with Gasteiger partial charge in [-0.1, -0.05) is 23.7 Å². The Morgan fingerprint density at radius 1 is 1.03 bits per heavy atom. The van der Waals surface area contributed by atoms with Gasteiger partial charge in [-0.2, -0.15) is 0 Å². The molecule has 3 heterocycles. The molecule has 2 amide bonds. The summed E-state index contributed by atoms with van der Waals surface area (Å²) < 4.78 is 11.2. The van der Waals surface area contributed by atoms with Crippen LogP contribution in [0.2, 0.25) is 5.02 Å². The van der Waals surface area contributed by atoms with E-state index in [2.05, 4.69) is 22.0 Å². The fraction of sp³-hybridized carbons (Fsp3) is 0.467. The van der Waals surface area contributed by atoms with Crippen molar-refractivity contribution >= 4 is 34.5 Å². The third-order valence-corrected chi connectivity index (χ3v) is 7.99. The Morgan fingerprint density at radius 3 is 2.54 bits per heavy atom. The number of nitrogens with one attached hydrogen (secondary N) is 1. The van der Waals surface area contributed by atoms with Gasteiger partial charge in [-0.3, -0.25) is 9.69 Å². The van der Waals surface area contributed by atoms with Crippen molar-refractivity contribution in [3.63, 3.8) is 0 Å². The third kappa shape index (κ3) is 6.50. The largest absolute Gasteiger partial charge is 0.493 e. The van der Waals surface area contributed by atoms with Crippen LogP contribution in [0, 0.1) is 12.8 Å². The molecule has 0 bridgehead atoms. The number of aromatic nitrogens is 1. The molecule has 1 aromatic heterocycles. The standard InChI is InChI=1S/C30H37ClN4O4/c1-3-38-30(37)34-15-13-33(14-16-34)18-22-6-9-25(10-7-22)39-20-23-5-4-12-35(19-23)29(36)28-21(2)26-17-24(31)8-11-27(26)32-28/h6-11,17,23,32H,3-5,12-16,18-20H2,1-2H3. The van der Waals surface area contributed by atoms with Gasteiger partial charge in [-0.15, -0.1) is 0 Å². The van der Waals surface area contributed by atoms with Gasteiger partial charge in [0, 0.05) is 67.7 Å². The van der Waals surface area contributed by atoms with E-state index in [0.29, 0.717) is 43.6 Å². The van der Waals surface area contributed by atoms with Crippen molar-refractivity contribution in [2.75, 3.05) is 52.5 Å². The van der Waals surface area contributed by atoms with Crippen LogP contribution in [0.4, 0.5) is 4.79 Å². The molecule has 2 saturated heterocycles. The molecule has 3 aromatic rings. The van der Waals surface area contributed by atoms with Gasteiger partial charge in [0.2, 0.25) is 0 Å². The van der Waals surface area contributed by atoms with Crippen LogP contribution in [0.5, 0.6) is 5.75 Å². The zero-order valence-electron chi connectivity index (χ0n) is 22.7. The van der Waals surface area contributed by atoms with E-state index in [1.807, 2.05) is 49.1 Å². The predicted molar refractivity (Wildman–Crippen MR) is 152 cm³/mol. The molecule has 0 saturated carbocycles. The Morgan fingerprint density at radius 2 is 1.79 bits per heavy atom. The molecule has 2 fully saturated rings. The molecule has 0 radical (unpaired) electrons. The van der Waals surface area contributed by atoms with E-state index in [1.165, 1.54) is 5.56 Å². The summed E-state index contributed by atoms with van der Waals surface area (Å²) in [6.45, 7) is 10.1. The van der Waals surface area contributed by atoms with E-state index in [9.17, 15) is 9.59 Å². The summed E-state index contributed by atoms with van der Waals surface area (Å²) in [6.07, 6.45) is 1.79. The number of hydrogen-bond acceptors (Lipinski definition) is 5. The summed E-state index contributed by atoms with van der Waals surface area (Å²) in [4.78, 5) is 34.6. The molecule has 208 valence electrons. The average Bonchev–Trinajstić information content (AvgIpc) is 3.28. The highest BCUT2D eigenvalue weighted by Gasteiger charge is 2.27. The number of nitrogens with zero attached hydrogens (tertiary/aromatic N) is 3. The summed E-state index contributed by atoms with van der Waals surface area (Å²) in [6, 6.07) is 13.9. The van der Waals surface area contributed by atoms with Gasteiger partial charge in [0.05, 0.1) is 13.2 Å². The smallest absolute Gasteiger partial charge is 0.409 e. The SMILES string of the molecule is CCOC(=O)N1CCN(Cc2ccc(OCC3CCCN(C(=O)c4[nH]c5ccc(Cl)cc5c4C)C3)cc2)CC1. The van der Waals surface area contributed by atoms with E-state index in [-0.39, 0.29) is 17.9 Å². The van der Waals surface area contributed by atoms with Crippen LogP contribution >= 0.6 is 11.6 Å². The number of amides is 2. The second kappa shape index (κ2) is 12.3. The molecule has 0 aliphatic carbocycles. The maximum absolute atomic E-state index is 13.4. The Bertz CT molecular complexity index is 1300. The van der Waals surface area contributed by atoms with Crippen LogP contribution in [-0.4, -0.2) is 84.2 Å². The molecular weight excluding hydrogens is 516 g/mol. The molecule has 8 nitrogen and oxygen atoms in total. The maximum atomic E-state index is 13.4. The highest BCUT2D eigenvalue weighted by atomic mass is 35.5. The highest BCUT2D eigenvalue weighted by molar-refractivity contribution is 6.31. The molecule has 1 atom stereocenters. The van der Waals surface area contributed by atoms with Crippen LogP contribution in [0.15, 0.2) is 42.5 Å². The molecule has 2 aliphatic heterocycles. The number of fused-ring (bicyclic) bond motifs is 1. The first-order valence-electron chi connectivity index (χ1n) is 13.8. The molecule has 9 heteroatoms. The van der Waals surface area contributed by atoms with Crippen molar-refractivity contribution in [2.24, 2.45) is 5.92 Å². The minimum Gasteiger partial charge on any atom is -0.493 e. The van der Waals surface area contributed by atoms with Crippen LogP contribution in [0.25, 0.3) is 10.9 Å². The van der Waals surface area contributed by atoms with Crippen LogP contribution in [0.1, 0.15) is 41.4 Å². The van der Waals surface area contributed by atoms with Crippen LogP contribution in [0.3, 0.4) is 0 Å². The Kier molecular flexibility index (Phi) is 8.63. The lowest BCUT2D eigenvalue weighted by Gasteiger charge is -2.34. The number of benzene rings is 2. The number of likely N-dealkylation sites (tertiary alicyclic amines) is 1. The molecule has 1 unspecified atom stereocenters. The number of piperidine rings is 1. The number of H-pyrrole nitrogens is 1. The topological polar surface area (TPSA) is 78.1 Å². The second-order valence-corrected chi connectivity index (χ2v) is 10.9. The number of piperazine rings is 1.